The Bertz CT molecular complexity index is 955. The van der Waals surface area contributed by atoms with E-state index in [1.807, 2.05) is 4.90 Å². The molecule has 1 saturated heterocycles. The number of hydrogen-bond acceptors (Lipinski definition) is 5. The molecule has 1 fully saturated rings. The van der Waals surface area contributed by atoms with E-state index in [4.69, 9.17) is 23.2 Å². The van der Waals surface area contributed by atoms with Crippen LogP contribution in [0.15, 0.2) is 18.3 Å². The maximum absolute atomic E-state index is 13.2. The largest absolute Gasteiger partial charge is 0.503 e. The summed E-state index contributed by atoms with van der Waals surface area (Å²) >= 11 is 12.4. The molecule has 2 N–H and O–H groups in total. The van der Waals surface area contributed by atoms with E-state index in [0.717, 1.165) is 19.4 Å². The van der Waals surface area contributed by atoms with Crippen LogP contribution in [0.4, 0.5) is 10.2 Å². The van der Waals surface area contributed by atoms with Crippen LogP contribution in [0.25, 0.3) is 0 Å². The highest BCUT2D eigenvalue weighted by molar-refractivity contribution is 6.36. The molecule has 2 aliphatic rings. The average Bonchev–Trinajstić information content (AvgIpc) is 2.76. The van der Waals surface area contributed by atoms with Crippen molar-refractivity contribution in [2.75, 3.05) is 24.5 Å². The van der Waals surface area contributed by atoms with Gasteiger partial charge in [-0.3, -0.25) is 4.79 Å². The molecule has 1 atom stereocenters. The SMILES string of the molecule is O=C(C1CCCN(c2ccc(F)cn2)C1)N1CCc2c(Cl)c(O)c(O)c(Cl)c2C1. The number of piperidine rings is 1. The van der Waals surface area contributed by atoms with Crippen LogP contribution in [0.5, 0.6) is 11.5 Å². The van der Waals surface area contributed by atoms with Crippen molar-refractivity contribution in [3.63, 3.8) is 0 Å². The van der Waals surface area contributed by atoms with Crippen molar-refractivity contribution < 1.29 is 19.4 Å². The summed E-state index contributed by atoms with van der Waals surface area (Å²) in [6.45, 7) is 1.96. The number of fused-ring (bicyclic) bond motifs is 1. The Morgan fingerprint density at radius 2 is 1.86 bits per heavy atom. The number of benzene rings is 1. The quantitative estimate of drug-likeness (QED) is 0.696. The molecular weight excluding hydrogens is 420 g/mol. The Morgan fingerprint density at radius 1 is 1.14 bits per heavy atom. The average molecular weight is 440 g/mol. The van der Waals surface area contributed by atoms with Gasteiger partial charge in [0.2, 0.25) is 5.91 Å². The lowest BCUT2D eigenvalue weighted by Crippen LogP contribution is -2.46. The zero-order valence-electron chi connectivity index (χ0n) is 15.5. The van der Waals surface area contributed by atoms with Crippen LogP contribution in [-0.4, -0.2) is 45.6 Å². The first-order valence-corrected chi connectivity index (χ1v) is 10.2. The summed E-state index contributed by atoms with van der Waals surface area (Å²) in [5, 5.41) is 20.0. The monoisotopic (exact) mass is 439 g/mol. The summed E-state index contributed by atoms with van der Waals surface area (Å²) in [6.07, 6.45) is 3.22. The summed E-state index contributed by atoms with van der Waals surface area (Å²) < 4.78 is 13.1. The Kier molecular flexibility index (Phi) is 5.44. The molecule has 3 heterocycles. The molecule has 154 valence electrons. The summed E-state index contributed by atoms with van der Waals surface area (Å²) in [7, 11) is 0. The van der Waals surface area contributed by atoms with Crippen molar-refractivity contribution >= 4 is 34.9 Å². The Balaban J connectivity index is 1.51. The molecule has 1 unspecified atom stereocenters. The first kappa shape index (κ1) is 20.0. The Labute approximate surface area is 177 Å². The smallest absolute Gasteiger partial charge is 0.227 e. The van der Waals surface area contributed by atoms with E-state index >= 15 is 0 Å². The first-order valence-electron chi connectivity index (χ1n) is 9.42. The van der Waals surface area contributed by atoms with Gasteiger partial charge >= 0.3 is 0 Å². The Hall–Kier alpha value is -2.25. The van der Waals surface area contributed by atoms with Gasteiger partial charge < -0.3 is 20.0 Å². The fourth-order valence-electron chi connectivity index (χ4n) is 4.09. The van der Waals surface area contributed by atoms with Crippen LogP contribution in [0, 0.1) is 11.7 Å². The highest BCUT2D eigenvalue weighted by Gasteiger charge is 2.34. The molecule has 0 bridgehead atoms. The number of hydrogen-bond donors (Lipinski definition) is 2. The maximum atomic E-state index is 13.2. The van der Waals surface area contributed by atoms with Gasteiger partial charge in [-0.05, 0) is 42.5 Å². The lowest BCUT2D eigenvalue weighted by molar-refractivity contribution is -0.136. The second kappa shape index (κ2) is 7.88. The third-order valence-corrected chi connectivity index (χ3v) is 6.45. The van der Waals surface area contributed by atoms with Gasteiger partial charge in [0.05, 0.1) is 22.2 Å². The van der Waals surface area contributed by atoms with Crippen molar-refractivity contribution in [3.05, 3.63) is 45.3 Å². The predicted octanol–water partition coefficient (Wildman–Crippen LogP) is 3.74. The van der Waals surface area contributed by atoms with Gasteiger partial charge in [-0.15, -0.1) is 0 Å². The van der Waals surface area contributed by atoms with Crippen LogP contribution >= 0.6 is 23.2 Å². The minimum Gasteiger partial charge on any atom is -0.503 e. The minimum atomic E-state index is -0.462. The van der Waals surface area contributed by atoms with E-state index in [2.05, 4.69) is 4.98 Å². The standard InChI is InChI=1S/C20H20Cl2FN3O3/c21-16-13-5-7-26(10-14(13)17(22)19(28)18(16)27)20(29)11-2-1-6-25(9-11)15-4-3-12(23)8-24-15/h3-4,8,11,27-28H,1-2,5-7,9-10H2. The van der Waals surface area contributed by atoms with Crippen molar-refractivity contribution in [2.24, 2.45) is 5.92 Å². The number of pyridine rings is 1. The normalized spacial score (nSPS) is 19.2. The van der Waals surface area contributed by atoms with E-state index < -0.39 is 17.3 Å². The molecule has 1 aromatic carbocycles. The van der Waals surface area contributed by atoms with Crippen LogP contribution in [0.1, 0.15) is 24.0 Å². The highest BCUT2D eigenvalue weighted by atomic mass is 35.5. The lowest BCUT2D eigenvalue weighted by Gasteiger charge is -2.37. The fraction of sp³-hybridized carbons (Fsp3) is 0.400. The van der Waals surface area contributed by atoms with E-state index in [1.165, 1.54) is 12.3 Å². The summed E-state index contributed by atoms with van der Waals surface area (Å²) in [4.78, 5) is 21.0. The number of anilines is 1. The van der Waals surface area contributed by atoms with Crippen LogP contribution in [0.2, 0.25) is 10.0 Å². The van der Waals surface area contributed by atoms with Crippen LogP contribution < -0.4 is 4.90 Å². The van der Waals surface area contributed by atoms with E-state index in [-0.39, 0.29) is 28.4 Å². The fourth-order valence-corrected chi connectivity index (χ4v) is 4.65. The summed E-state index contributed by atoms with van der Waals surface area (Å²) in [5.41, 5.74) is 1.23. The topological polar surface area (TPSA) is 76.9 Å². The molecule has 1 amide bonds. The molecule has 0 aliphatic carbocycles. The molecular formula is C20H20Cl2FN3O3. The number of carbonyl (C=O) groups is 1. The van der Waals surface area contributed by atoms with Gasteiger partial charge in [-0.25, -0.2) is 9.37 Å². The lowest BCUT2D eigenvalue weighted by atomic mass is 9.93. The first-order chi connectivity index (χ1) is 13.9. The number of phenolic OH excluding ortho intramolecular Hbond substituents is 2. The van der Waals surface area contributed by atoms with Crippen molar-refractivity contribution in [3.8, 4) is 11.5 Å². The van der Waals surface area contributed by atoms with Crippen LogP contribution in [-0.2, 0) is 17.8 Å². The number of aromatic nitrogens is 1. The van der Waals surface area contributed by atoms with Gasteiger partial charge in [0.25, 0.3) is 0 Å². The number of halogens is 3. The van der Waals surface area contributed by atoms with Gasteiger partial charge in [0.1, 0.15) is 11.6 Å². The predicted molar refractivity (Wildman–Crippen MR) is 108 cm³/mol. The molecule has 0 radical (unpaired) electrons. The number of rotatable bonds is 2. The number of aromatic hydroxyl groups is 2. The second-order valence-electron chi connectivity index (χ2n) is 7.41. The van der Waals surface area contributed by atoms with Crippen molar-refractivity contribution in [1.82, 2.24) is 9.88 Å². The third-order valence-electron chi connectivity index (χ3n) is 5.63. The molecule has 4 rings (SSSR count). The zero-order chi connectivity index (χ0) is 20.7. The van der Waals surface area contributed by atoms with Gasteiger partial charge in [-0.1, -0.05) is 23.2 Å². The Morgan fingerprint density at radius 3 is 2.55 bits per heavy atom. The van der Waals surface area contributed by atoms with E-state index in [9.17, 15) is 19.4 Å². The molecule has 6 nitrogen and oxygen atoms in total. The van der Waals surface area contributed by atoms with Crippen LogP contribution in [0.3, 0.4) is 0 Å². The number of amides is 1. The van der Waals surface area contributed by atoms with E-state index in [1.54, 1.807) is 11.0 Å². The number of carbonyl (C=O) groups excluding carboxylic acids is 1. The molecule has 29 heavy (non-hydrogen) atoms. The summed E-state index contributed by atoms with van der Waals surface area (Å²) in [6, 6.07) is 2.99. The molecule has 0 spiro atoms. The second-order valence-corrected chi connectivity index (χ2v) is 8.17. The van der Waals surface area contributed by atoms with Gasteiger partial charge in [-0.2, -0.15) is 0 Å². The minimum absolute atomic E-state index is 0.00205. The van der Waals surface area contributed by atoms with E-state index in [0.29, 0.717) is 36.5 Å². The maximum Gasteiger partial charge on any atom is 0.227 e. The molecule has 2 aliphatic heterocycles. The number of phenols is 2. The molecule has 1 aromatic heterocycles. The van der Waals surface area contributed by atoms with Crippen molar-refractivity contribution in [1.29, 1.82) is 0 Å². The molecule has 9 heteroatoms. The van der Waals surface area contributed by atoms with Crippen molar-refractivity contribution in [2.45, 2.75) is 25.8 Å². The highest BCUT2D eigenvalue weighted by Crippen LogP contribution is 2.46. The molecule has 0 saturated carbocycles. The molecule has 2 aromatic rings. The zero-order valence-corrected chi connectivity index (χ0v) is 17.0. The third kappa shape index (κ3) is 3.69. The van der Waals surface area contributed by atoms with Gasteiger partial charge in [0.15, 0.2) is 11.5 Å². The number of nitrogens with zero attached hydrogens (tertiary/aromatic N) is 3. The summed E-state index contributed by atoms with van der Waals surface area (Å²) in [5.74, 6) is -0.835. The van der Waals surface area contributed by atoms with Gasteiger partial charge in [0, 0.05) is 26.2 Å².